The maximum Gasteiger partial charge on any atom is 0.164 e. The predicted molar refractivity (Wildman–Crippen MR) is 238 cm³/mol. The Hall–Kier alpha value is -7.41. The first kappa shape index (κ1) is 31.9. The zero-order chi connectivity index (χ0) is 37.5. The lowest BCUT2D eigenvalue weighted by Gasteiger charge is -2.10. The van der Waals surface area contributed by atoms with Gasteiger partial charge in [0, 0.05) is 69.8 Å². The molecule has 5 nitrogen and oxygen atoms in total. The molecule has 0 atom stereocenters. The summed E-state index contributed by atoms with van der Waals surface area (Å²) in [6.45, 7) is 0. The van der Waals surface area contributed by atoms with Gasteiger partial charge in [0.15, 0.2) is 17.5 Å². The Morgan fingerprint density at radius 1 is 0.333 bits per heavy atom. The van der Waals surface area contributed by atoms with Gasteiger partial charge in [-0.3, -0.25) is 0 Å². The van der Waals surface area contributed by atoms with Crippen LogP contribution in [0.25, 0.3) is 109 Å². The molecule has 0 N–H and O–H groups in total. The second kappa shape index (κ2) is 12.6. The molecular formula is C51H31N5S. The van der Waals surface area contributed by atoms with Gasteiger partial charge < -0.3 is 9.13 Å². The van der Waals surface area contributed by atoms with Gasteiger partial charge in [-0.05, 0) is 48.5 Å². The summed E-state index contributed by atoms with van der Waals surface area (Å²) in [4.78, 5) is 14.9. The average molecular weight is 746 g/mol. The van der Waals surface area contributed by atoms with E-state index in [4.69, 9.17) is 15.0 Å². The highest BCUT2D eigenvalue weighted by atomic mass is 32.1. The fraction of sp³-hybridized carbons (Fsp3) is 0. The number of hydrogen-bond donors (Lipinski definition) is 0. The van der Waals surface area contributed by atoms with Gasteiger partial charge >= 0.3 is 0 Å². The first-order valence-corrected chi connectivity index (χ1v) is 19.9. The lowest BCUT2D eigenvalue weighted by molar-refractivity contribution is 1.07. The molecule has 0 aliphatic heterocycles. The zero-order valence-corrected chi connectivity index (χ0v) is 31.4. The van der Waals surface area contributed by atoms with Crippen LogP contribution in [0.15, 0.2) is 188 Å². The third-order valence-electron chi connectivity index (χ3n) is 11.2. The van der Waals surface area contributed by atoms with Crippen LogP contribution in [-0.2, 0) is 0 Å². The minimum atomic E-state index is 0.660. The molecule has 0 radical (unpaired) electrons. The Bertz CT molecular complexity index is 3450. The number of benzene rings is 8. The van der Waals surface area contributed by atoms with Gasteiger partial charge in [0.1, 0.15) is 0 Å². The molecule has 0 spiro atoms. The van der Waals surface area contributed by atoms with E-state index in [1.54, 1.807) is 0 Å². The minimum Gasteiger partial charge on any atom is -0.309 e. The summed E-state index contributed by atoms with van der Waals surface area (Å²) in [5.74, 6) is 1.98. The van der Waals surface area contributed by atoms with E-state index < -0.39 is 0 Å². The van der Waals surface area contributed by atoms with Crippen LogP contribution in [0.3, 0.4) is 0 Å². The van der Waals surface area contributed by atoms with Crippen molar-refractivity contribution < 1.29 is 0 Å². The smallest absolute Gasteiger partial charge is 0.164 e. The molecule has 4 heterocycles. The number of nitrogens with zero attached hydrogens (tertiary/aromatic N) is 5. The molecule has 4 aromatic heterocycles. The van der Waals surface area contributed by atoms with E-state index >= 15 is 0 Å². The van der Waals surface area contributed by atoms with Crippen molar-refractivity contribution in [2.75, 3.05) is 0 Å². The molecule has 0 aliphatic carbocycles. The highest BCUT2D eigenvalue weighted by Gasteiger charge is 2.21. The molecule has 57 heavy (non-hydrogen) atoms. The van der Waals surface area contributed by atoms with Gasteiger partial charge in [0.2, 0.25) is 0 Å². The van der Waals surface area contributed by atoms with Crippen LogP contribution in [0.4, 0.5) is 0 Å². The number of hydrogen-bond acceptors (Lipinski definition) is 4. The molecule has 0 amide bonds. The summed E-state index contributed by atoms with van der Waals surface area (Å²) in [6.07, 6.45) is 0. The second-order valence-corrected chi connectivity index (χ2v) is 15.5. The Morgan fingerprint density at radius 2 is 0.860 bits per heavy atom. The fourth-order valence-corrected chi connectivity index (χ4v) is 9.79. The van der Waals surface area contributed by atoms with Gasteiger partial charge in [0.25, 0.3) is 0 Å². The number of rotatable bonds is 5. The monoisotopic (exact) mass is 745 g/mol. The van der Waals surface area contributed by atoms with Gasteiger partial charge in [-0.1, -0.05) is 140 Å². The van der Waals surface area contributed by atoms with Crippen LogP contribution in [0.5, 0.6) is 0 Å². The largest absolute Gasteiger partial charge is 0.309 e. The van der Waals surface area contributed by atoms with E-state index in [-0.39, 0.29) is 0 Å². The van der Waals surface area contributed by atoms with E-state index in [1.807, 2.05) is 72.0 Å². The Morgan fingerprint density at radius 3 is 1.54 bits per heavy atom. The third kappa shape index (κ3) is 4.98. The molecule has 0 bridgehead atoms. The van der Waals surface area contributed by atoms with E-state index in [2.05, 4.69) is 137 Å². The van der Waals surface area contributed by atoms with Crippen LogP contribution >= 0.6 is 11.3 Å². The number of para-hydroxylation sites is 3. The summed E-state index contributed by atoms with van der Waals surface area (Å²) in [6, 6.07) is 66.7. The molecule has 12 aromatic rings. The summed E-state index contributed by atoms with van der Waals surface area (Å²) in [5.41, 5.74) is 9.99. The van der Waals surface area contributed by atoms with Crippen LogP contribution < -0.4 is 0 Å². The Labute approximate surface area is 331 Å². The SMILES string of the molecule is c1ccc(-c2nc(-c3ccccc3)nc(-c3ccc4c(c3)sc3cc(-n5c6ccccc6c6c5ccc5c7ccccc7n(-c7ccccc7)c56)ccc34)n2)cc1. The molecule has 12 rings (SSSR count). The number of aromatic nitrogens is 5. The molecule has 0 saturated heterocycles. The third-order valence-corrected chi connectivity index (χ3v) is 12.3. The number of thiophene rings is 1. The van der Waals surface area contributed by atoms with Crippen LogP contribution in [0.1, 0.15) is 0 Å². The van der Waals surface area contributed by atoms with Gasteiger partial charge in [-0.15, -0.1) is 11.3 Å². The van der Waals surface area contributed by atoms with Crippen molar-refractivity contribution in [2.24, 2.45) is 0 Å². The minimum absolute atomic E-state index is 0.660. The molecule has 0 saturated carbocycles. The molecule has 6 heteroatoms. The van der Waals surface area contributed by atoms with E-state index in [0.29, 0.717) is 17.5 Å². The number of fused-ring (bicyclic) bond motifs is 10. The standard InChI is InChI=1S/C51H31N5S/c1-4-14-32(15-5-1)49-52-50(33-16-6-2-7-17-33)54-51(53-49)34-24-26-38-39-27-25-36(31-46(39)57-45(38)30-34)55-43-23-13-11-21-41(43)47-44(55)29-28-40-37-20-10-12-22-42(37)56(48(40)47)35-18-8-3-9-19-35/h1-31H. The Kier molecular flexibility index (Phi) is 7.03. The van der Waals surface area contributed by atoms with Crippen molar-refractivity contribution in [3.8, 4) is 45.5 Å². The van der Waals surface area contributed by atoms with Crippen LogP contribution in [0.2, 0.25) is 0 Å². The van der Waals surface area contributed by atoms with Crippen molar-refractivity contribution in [3.63, 3.8) is 0 Å². The fourth-order valence-electron chi connectivity index (χ4n) is 8.61. The van der Waals surface area contributed by atoms with Gasteiger partial charge in [-0.2, -0.15) is 0 Å². The molecule has 8 aromatic carbocycles. The molecule has 0 unspecified atom stereocenters. The second-order valence-electron chi connectivity index (χ2n) is 14.4. The van der Waals surface area contributed by atoms with Crippen molar-refractivity contribution >= 4 is 75.1 Å². The van der Waals surface area contributed by atoms with Crippen LogP contribution in [-0.4, -0.2) is 24.1 Å². The Balaban J connectivity index is 1.04. The maximum absolute atomic E-state index is 5.00. The summed E-state index contributed by atoms with van der Waals surface area (Å²) >= 11 is 1.81. The molecule has 266 valence electrons. The molecule has 0 aliphatic rings. The summed E-state index contributed by atoms with van der Waals surface area (Å²) in [7, 11) is 0. The van der Waals surface area contributed by atoms with E-state index in [9.17, 15) is 0 Å². The lowest BCUT2D eigenvalue weighted by atomic mass is 10.1. The van der Waals surface area contributed by atoms with Crippen molar-refractivity contribution in [2.45, 2.75) is 0 Å². The van der Waals surface area contributed by atoms with Crippen molar-refractivity contribution in [1.82, 2.24) is 24.1 Å². The highest BCUT2D eigenvalue weighted by molar-refractivity contribution is 7.25. The van der Waals surface area contributed by atoms with Crippen molar-refractivity contribution in [1.29, 1.82) is 0 Å². The average Bonchev–Trinajstić information content (AvgIpc) is 3.94. The van der Waals surface area contributed by atoms with Crippen LogP contribution in [0, 0.1) is 0 Å². The van der Waals surface area contributed by atoms with E-state index in [0.717, 1.165) is 28.1 Å². The van der Waals surface area contributed by atoms with Crippen molar-refractivity contribution in [3.05, 3.63) is 188 Å². The first-order valence-electron chi connectivity index (χ1n) is 19.1. The van der Waals surface area contributed by atoms with Gasteiger partial charge in [0.05, 0.1) is 22.1 Å². The topological polar surface area (TPSA) is 48.5 Å². The van der Waals surface area contributed by atoms with E-state index in [1.165, 1.54) is 63.8 Å². The lowest BCUT2D eigenvalue weighted by Crippen LogP contribution is -1.99. The normalized spacial score (nSPS) is 11.9. The summed E-state index contributed by atoms with van der Waals surface area (Å²) < 4.78 is 7.30. The highest BCUT2D eigenvalue weighted by Crippen LogP contribution is 2.43. The zero-order valence-electron chi connectivity index (χ0n) is 30.5. The summed E-state index contributed by atoms with van der Waals surface area (Å²) in [5, 5.41) is 7.47. The quantitative estimate of drug-likeness (QED) is 0.176. The maximum atomic E-state index is 5.00. The van der Waals surface area contributed by atoms with Gasteiger partial charge in [-0.25, -0.2) is 15.0 Å². The first-order chi connectivity index (χ1) is 28.3. The molecular weight excluding hydrogens is 715 g/mol. The predicted octanol–water partition coefficient (Wildman–Crippen LogP) is 13.4. The molecule has 0 fully saturated rings.